The minimum atomic E-state index is -0.333. The van der Waals surface area contributed by atoms with Crippen molar-refractivity contribution in [2.24, 2.45) is 16.5 Å². The summed E-state index contributed by atoms with van der Waals surface area (Å²) >= 11 is 0. The second-order valence-electron chi connectivity index (χ2n) is 2.49. The number of nitrogens with zero attached hydrogens (tertiary/aromatic N) is 1. The normalized spacial score (nSPS) is 20.4. The van der Waals surface area contributed by atoms with Crippen LogP contribution in [0.5, 0.6) is 0 Å². The van der Waals surface area contributed by atoms with E-state index in [2.05, 4.69) is 4.99 Å². The fourth-order valence-corrected chi connectivity index (χ4v) is 1.02. The topological polar surface area (TPSA) is 64.4 Å². The van der Waals surface area contributed by atoms with Crippen LogP contribution in [0.25, 0.3) is 0 Å². The third-order valence-corrected chi connectivity index (χ3v) is 1.70. The molecule has 0 saturated heterocycles. The summed E-state index contributed by atoms with van der Waals surface area (Å²) in [6.45, 7) is 2.04. The standard InChI is InChI=1S/C7H12BN3/c1-11-3-2-5-4-8-6(5)7(9)10/h2-3,7H,4,9-10H2,1H3/b5-2+,11-3+. The molecule has 1 heterocycles. The Labute approximate surface area is 67.1 Å². The molecule has 11 heavy (non-hydrogen) atoms. The summed E-state index contributed by atoms with van der Waals surface area (Å²) in [4.78, 5) is 3.84. The third-order valence-electron chi connectivity index (χ3n) is 1.70. The minimum absolute atomic E-state index is 0.333. The van der Waals surface area contributed by atoms with Gasteiger partial charge in [-0.05, 0) is 0 Å². The fraction of sp³-hybridized carbons (Fsp3) is 0.429. The molecule has 1 rings (SSSR count). The molecular formula is C7H12BN3. The van der Waals surface area contributed by atoms with Gasteiger partial charge in [0.15, 0.2) is 0 Å². The zero-order chi connectivity index (χ0) is 8.27. The van der Waals surface area contributed by atoms with Gasteiger partial charge in [0.25, 0.3) is 0 Å². The molecule has 0 amide bonds. The number of nitrogens with two attached hydrogens (primary N) is 2. The molecule has 0 aromatic rings. The molecule has 0 radical (unpaired) electrons. The number of hydrogen-bond acceptors (Lipinski definition) is 3. The Morgan fingerprint density at radius 2 is 2.36 bits per heavy atom. The van der Waals surface area contributed by atoms with Crippen molar-refractivity contribution >= 4 is 18.6 Å². The van der Waals surface area contributed by atoms with Gasteiger partial charge >= 0.3 is 66.2 Å². The Morgan fingerprint density at radius 1 is 1.64 bits per heavy atom. The van der Waals surface area contributed by atoms with E-state index in [4.69, 9.17) is 11.5 Å². The number of rotatable bonds is 2. The number of allylic oxidation sites excluding steroid dienone is 1. The van der Waals surface area contributed by atoms with E-state index >= 15 is 0 Å². The van der Waals surface area contributed by atoms with Crippen LogP contribution in [-0.4, -0.2) is 31.8 Å². The Hall–Kier alpha value is -0.735. The summed E-state index contributed by atoms with van der Waals surface area (Å²) in [5, 5.41) is 0. The van der Waals surface area contributed by atoms with Crippen LogP contribution < -0.4 is 11.5 Å². The van der Waals surface area contributed by atoms with Gasteiger partial charge in [-0.1, -0.05) is 0 Å². The first-order chi connectivity index (χ1) is 5.25. The van der Waals surface area contributed by atoms with Crippen molar-refractivity contribution in [3.63, 3.8) is 0 Å². The van der Waals surface area contributed by atoms with Gasteiger partial charge in [-0.3, -0.25) is 0 Å². The summed E-state index contributed by atoms with van der Waals surface area (Å²) in [5.74, 6) is 0. The average molecular weight is 149 g/mol. The molecule has 0 aliphatic carbocycles. The second-order valence-corrected chi connectivity index (χ2v) is 2.49. The van der Waals surface area contributed by atoms with E-state index in [1.165, 1.54) is 5.57 Å². The molecule has 0 atom stereocenters. The molecule has 0 saturated carbocycles. The van der Waals surface area contributed by atoms with Crippen LogP contribution in [0.4, 0.5) is 0 Å². The summed E-state index contributed by atoms with van der Waals surface area (Å²) in [6.07, 6.45) is 4.33. The van der Waals surface area contributed by atoms with E-state index in [0.29, 0.717) is 0 Å². The van der Waals surface area contributed by atoms with E-state index in [-0.39, 0.29) is 6.17 Å². The summed E-state index contributed by atoms with van der Waals surface area (Å²) in [7, 11) is 1.74. The molecule has 0 unspecified atom stereocenters. The molecule has 58 valence electrons. The van der Waals surface area contributed by atoms with Gasteiger partial charge in [-0.25, -0.2) is 0 Å². The van der Waals surface area contributed by atoms with Crippen LogP contribution in [0.15, 0.2) is 16.6 Å². The molecule has 1 aliphatic heterocycles. The molecule has 0 spiro atoms. The maximum atomic E-state index is 5.48. The van der Waals surface area contributed by atoms with Gasteiger partial charge in [0, 0.05) is 0 Å². The Kier molecular flexibility index (Phi) is 2.73. The van der Waals surface area contributed by atoms with E-state index in [1.54, 1.807) is 13.3 Å². The third kappa shape index (κ3) is 1.85. The first-order valence-corrected chi connectivity index (χ1v) is 3.58. The molecule has 4 heteroatoms. The van der Waals surface area contributed by atoms with Crippen molar-refractivity contribution in [3.8, 4) is 0 Å². The quantitative estimate of drug-likeness (QED) is 0.305. The van der Waals surface area contributed by atoms with Crippen LogP contribution in [0.1, 0.15) is 0 Å². The number of hydrogen-bond donors (Lipinski definition) is 2. The van der Waals surface area contributed by atoms with Crippen LogP contribution in [0.3, 0.4) is 0 Å². The SMILES string of the molecule is C/N=C/C=C1\CB=C1C(N)N. The summed E-state index contributed by atoms with van der Waals surface area (Å²) in [6, 6.07) is 0. The van der Waals surface area contributed by atoms with Crippen LogP contribution >= 0.6 is 0 Å². The molecular weight excluding hydrogens is 137 g/mol. The Bertz CT molecular complexity index is 228. The van der Waals surface area contributed by atoms with E-state index in [1.807, 2.05) is 13.0 Å². The summed E-state index contributed by atoms with van der Waals surface area (Å²) in [5.41, 5.74) is 13.2. The van der Waals surface area contributed by atoms with Gasteiger partial charge in [-0.15, -0.1) is 0 Å². The van der Waals surface area contributed by atoms with Crippen LogP contribution in [0, 0.1) is 0 Å². The first-order valence-electron chi connectivity index (χ1n) is 3.58. The van der Waals surface area contributed by atoms with Gasteiger partial charge in [0.1, 0.15) is 0 Å². The van der Waals surface area contributed by atoms with Gasteiger partial charge in [0.05, 0.1) is 0 Å². The fourth-order valence-electron chi connectivity index (χ4n) is 1.02. The molecule has 0 fully saturated rings. The molecule has 4 N–H and O–H groups in total. The summed E-state index contributed by atoms with van der Waals surface area (Å²) < 4.78 is 0. The second kappa shape index (κ2) is 3.60. The van der Waals surface area contributed by atoms with Crippen molar-refractivity contribution in [1.82, 2.24) is 0 Å². The Balaban J connectivity index is 2.61. The molecule has 0 bridgehead atoms. The van der Waals surface area contributed by atoms with Crippen LogP contribution in [-0.2, 0) is 0 Å². The predicted molar refractivity (Wildman–Crippen MR) is 50.2 cm³/mol. The predicted octanol–water partition coefficient (Wildman–Crippen LogP) is -0.835. The van der Waals surface area contributed by atoms with E-state index in [9.17, 15) is 0 Å². The molecule has 0 aromatic carbocycles. The van der Waals surface area contributed by atoms with Crippen LogP contribution in [0.2, 0.25) is 6.32 Å². The van der Waals surface area contributed by atoms with Crippen molar-refractivity contribution in [2.45, 2.75) is 12.5 Å². The molecule has 1 aliphatic rings. The van der Waals surface area contributed by atoms with Gasteiger partial charge < -0.3 is 0 Å². The molecule has 0 aromatic heterocycles. The van der Waals surface area contributed by atoms with Crippen molar-refractivity contribution in [1.29, 1.82) is 0 Å². The maximum absolute atomic E-state index is 5.48. The van der Waals surface area contributed by atoms with E-state index < -0.39 is 0 Å². The van der Waals surface area contributed by atoms with Gasteiger partial charge in [0.2, 0.25) is 0 Å². The number of aliphatic imine (C=N–C) groups is 1. The first kappa shape index (κ1) is 8.36. The monoisotopic (exact) mass is 149 g/mol. The molecule has 3 nitrogen and oxygen atoms in total. The van der Waals surface area contributed by atoms with Crippen molar-refractivity contribution < 1.29 is 0 Å². The zero-order valence-corrected chi connectivity index (χ0v) is 6.62. The van der Waals surface area contributed by atoms with Crippen molar-refractivity contribution in [3.05, 3.63) is 11.6 Å². The Morgan fingerprint density at radius 3 is 2.73 bits per heavy atom. The average Bonchev–Trinajstić information content (AvgIpc) is 1.84. The van der Waals surface area contributed by atoms with Crippen molar-refractivity contribution in [2.75, 3.05) is 7.05 Å². The van der Waals surface area contributed by atoms with Gasteiger partial charge in [-0.2, -0.15) is 0 Å². The zero-order valence-electron chi connectivity index (χ0n) is 6.62. The van der Waals surface area contributed by atoms with E-state index in [0.717, 1.165) is 11.8 Å².